The number of imide groups is 1. The van der Waals surface area contributed by atoms with Crippen LogP contribution in [0.15, 0.2) is 18.2 Å². The fourth-order valence-corrected chi connectivity index (χ4v) is 6.57. The number of anilines is 1. The van der Waals surface area contributed by atoms with Crippen LogP contribution < -0.4 is 10.6 Å². The molecule has 0 bridgehead atoms. The van der Waals surface area contributed by atoms with Crippen LogP contribution in [0.4, 0.5) is 15.3 Å². The quantitative estimate of drug-likeness (QED) is 0.683. The molecule has 1 aromatic carbocycles. The highest BCUT2D eigenvalue weighted by Crippen LogP contribution is 2.46. The number of urea groups is 1. The van der Waals surface area contributed by atoms with Gasteiger partial charge in [-0.15, -0.1) is 0 Å². The zero-order valence-electron chi connectivity index (χ0n) is 20.5. The molecule has 9 nitrogen and oxygen atoms in total. The van der Waals surface area contributed by atoms with Crippen LogP contribution in [0.25, 0.3) is 0 Å². The monoisotopic (exact) mass is 482 g/mol. The van der Waals surface area contributed by atoms with Gasteiger partial charge < -0.3 is 20.3 Å². The summed E-state index contributed by atoms with van der Waals surface area (Å²) in [6.07, 6.45) is 7.99. The Labute approximate surface area is 205 Å². The normalized spacial score (nSPS) is 28.4. The zero-order chi connectivity index (χ0) is 24.7. The number of carbonyl (C=O) groups excluding carboxylic acids is 4. The summed E-state index contributed by atoms with van der Waals surface area (Å²) in [7, 11) is 1.53. The van der Waals surface area contributed by atoms with Gasteiger partial charge in [-0.3, -0.25) is 9.59 Å². The molecule has 1 saturated carbocycles. The third kappa shape index (κ3) is 4.04. The van der Waals surface area contributed by atoms with E-state index in [1.54, 1.807) is 18.2 Å². The third-order valence-electron chi connectivity index (χ3n) is 8.33. The molecule has 35 heavy (non-hydrogen) atoms. The van der Waals surface area contributed by atoms with Crippen molar-refractivity contribution in [3.05, 3.63) is 29.3 Å². The number of ether oxygens (including phenoxy) is 1. The lowest BCUT2D eigenvalue weighted by molar-refractivity contribution is -0.143. The molecule has 0 aromatic heterocycles. The van der Waals surface area contributed by atoms with Gasteiger partial charge in [0.05, 0.1) is 0 Å². The summed E-state index contributed by atoms with van der Waals surface area (Å²) in [5.74, 6) is -0.136. The number of benzene rings is 1. The number of amides is 5. The number of nitrogens with one attached hydrogen (secondary N) is 2. The first-order chi connectivity index (χ1) is 16.8. The van der Waals surface area contributed by atoms with Crippen molar-refractivity contribution in [2.75, 3.05) is 18.9 Å². The standard InChI is InChI=1S/C26H34N4O5/c1-16-8-11-21(17-6-4-3-5-7-17)30(16)22(31)15-29-23(32)26(35-25(29)34)13-12-18-14-19(9-10-20(18)26)28-24(33)27-2/h9-10,14,16-17,21H,3-8,11-13,15H2,1-2H3,(H2,27,28,33). The van der Waals surface area contributed by atoms with Crippen molar-refractivity contribution in [2.45, 2.75) is 82.4 Å². The van der Waals surface area contributed by atoms with E-state index in [0.717, 1.165) is 36.1 Å². The van der Waals surface area contributed by atoms with Crippen LogP contribution in [-0.2, 0) is 26.3 Å². The molecule has 9 heteroatoms. The first-order valence-corrected chi connectivity index (χ1v) is 12.8. The van der Waals surface area contributed by atoms with Gasteiger partial charge in [0, 0.05) is 36.8 Å². The Hall–Kier alpha value is -3.10. The van der Waals surface area contributed by atoms with Crippen LogP contribution in [-0.4, -0.2) is 59.4 Å². The molecule has 3 unspecified atom stereocenters. The van der Waals surface area contributed by atoms with E-state index in [4.69, 9.17) is 4.74 Å². The van der Waals surface area contributed by atoms with E-state index in [0.29, 0.717) is 30.0 Å². The molecule has 1 spiro atoms. The van der Waals surface area contributed by atoms with Gasteiger partial charge in [0.15, 0.2) is 0 Å². The minimum absolute atomic E-state index is 0.107. The number of carbonyl (C=O) groups is 4. The van der Waals surface area contributed by atoms with Gasteiger partial charge >= 0.3 is 12.1 Å². The van der Waals surface area contributed by atoms with Crippen molar-refractivity contribution >= 4 is 29.6 Å². The Morgan fingerprint density at radius 1 is 1.11 bits per heavy atom. The molecule has 2 N–H and O–H groups in total. The summed E-state index contributed by atoms with van der Waals surface area (Å²) in [5.41, 5.74) is 0.680. The summed E-state index contributed by atoms with van der Waals surface area (Å²) in [6, 6.07) is 5.18. The van der Waals surface area contributed by atoms with Crippen LogP contribution in [0.2, 0.25) is 0 Å². The number of likely N-dealkylation sites (tertiary alicyclic amines) is 1. The molecule has 2 aliphatic carbocycles. The molecule has 188 valence electrons. The molecule has 2 saturated heterocycles. The number of nitrogens with zero attached hydrogens (tertiary/aromatic N) is 2. The lowest BCUT2D eigenvalue weighted by Crippen LogP contribution is -2.50. The first kappa shape index (κ1) is 23.6. The minimum atomic E-state index is -1.39. The van der Waals surface area contributed by atoms with Crippen molar-refractivity contribution in [1.82, 2.24) is 15.1 Å². The first-order valence-electron chi connectivity index (χ1n) is 12.8. The predicted molar refractivity (Wildman–Crippen MR) is 129 cm³/mol. The van der Waals surface area contributed by atoms with Crippen LogP contribution in [0, 0.1) is 5.92 Å². The van der Waals surface area contributed by atoms with E-state index in [-0.39, 0.29) is 30.6 Å². The maximum atomic E-state index is 13.6. The summed E-state index contributed by atoms with van der Waals surface area (Å²) < 4.78 is 5.70. The van der Waals surface area contributed by atoms with Gasteiger partial charge in [0.1, 0.15) is 6.54 Å². The Balaban J connectivity index is 1.32. The van der Waals surface area contributed by atoms with E-state index >= 15 is 0 Å². The molecule has 0 radical (unpaired) electrons. The molecule has 2 heterocycles. The molecule has 2 aliphatic heterocycles. The van der Waals surface area contributed by atoms with Gasteiger partial charge in [-0.05, 0) is 62.6 Å². The minimum Gasteiger partial charge on any atom is -0.427 e. The molecule has 4 aliphatic rings. The van der Waals surface area contributed by atoms with Crippen LogP contribution in [0.1, 0.15) is 69.4 Å². The second-order valence-electron chi connectivity index (χ2n) is 10.4. The maximum Gasteiger partial charge on any atom is 0.418 e. The molecule has 1 aromatic rings. The maximum absolute atomic E-state index is 13.6. The van der Waals surface area contributed by atoms with Crippen molar-refractivity contribution < 1.29 is 23.9 Å². The fourth-order valence-electron chi connectivity index (χ4n) is 6.57. The van der Waals surface area contributed by atoms with Gasteiger partial charge in [-0.2, -0.15) is 0 Å². The van der Waals surface area contributed by atoms with Crippen molar-refractivity contribution in [1.29, 1.82) is 0 Å². The van der Waals surface area contributed by atoms with Crippen LogP contribution in [0.5, 0.6) is 0 Å². The molecule has 3 atom stereocenters. The van der Waals surface area contributed by atoms with Gasteiger partial charge in [0.2, 0.25) is 11.5 Å². The number of hydrogen-bond acceptors (Lipinski definition) is 5. The predicted octanol–water partition coefficient (Wildman–Crippen LogP) is 3.52. The van der Waals surface area contributed by atoms with E-state index in [1.807, 2.05) is 4.90 Å². The highest BCUT2D eigenvalue weighted by Gasteiger charge is 2.58. The van der Waals surface area contributed by atoms with E-state index in [2.05, 4.69) is 17.6 Å². The average molecular weight is 483 g/mol. The third-order valence-corrected chi connectivity index (χ3v) is 8.33. The number of fused-ring (bicyclic) bond motifs is 2. The van der Waals surface area contributed by atoms with Gasteiger partial charge in [0.25, 0.3) is 5.91 Å². The van der Waals surface area contributed by atoms with Gasteiger partial charge in [-0.25, -0.2) is 14.5 Å². The summed E-state index contributed by atoms with van der Waals surface area (Å²) >= 11 is 0. The Morgan fingerprint density at radius 3 is 2.63 bits per heavy atom. The second kappa shape index (κ2) is 9.17. The van der Waals surface area contributed by atoms with E-state index < -0.39 is 17.6 Å². The summed E-state index contributed by atoms with van der Waals surface area (Å²) in [6.45, 7) is 1.78. The molecule has 5 amide bonds. The van der Waals surface area contributed by atoms with E-state index in [9.17, 15) is 19.2 Å². The Morgan fingerprint density at radius 2 is 1.89 bits per heavy atom. The Kier molecular flexibility index (Phi) is 6.19. The SMILES string of the molecule is CNC(=O)Nc1ccc2c(c1)CCC21OC(=O)N(CC(=O)N2C(C)CCC2C2CCCCC2)C1=O. The molecular weight excluding hydrogens is 448 g/mol. The fraction of sp³-hybridized carbons (Fsp3) is 0.615. The summed E-state index contributed by atoms with van der Waals surface area (Å²) in [5, 5.41) is 5.22. The number of aryl methyl sites for hydroxylation is 1. The zero-order valence-corrected chi connectivity index (χ0v) is 20.5. The number of hydrogen-bond donors (Lipinski definition) is 2. The smallest absolute Gasteiger partial charge is 0.418 e. The lowest BCUT2D eigenvalue weighted by atomic mass is 9.83. The van der Waals surface area contributed by atoms with E-state index in [1.165, 1.54) is 26.3 Å². The van der Waals surface area contributed by atoms with Crippen molar-refractivity contribution in [3.63, 3.8) is 0 Å². The lowest BCUT2D eigenvalue weighted by Gasteiger charge is -2.36. The summed E-state index contributed by atoms with van der Waals surface area (Å²) in [4.78, 5) is 54.5. The Bertz CT molecular complexity index is 1050. The topological polar surface area (TPSA) is 108 Å². The van der Waals surface area contributed by atoms with Crippen LogP contribution >= 0.6 is 0 Å². The largest absolute Gasteiger partial charge is 0.427 e. The van der Waals surface area contributed by atoms with Crippen molar-refractivity contribution in [3.8, 4) is 0 Å². The highest BCUT2D eigenvalue weighted by atomic mass is 16.6. The highest BCUT2D eigenvalue weighted by molar-refractivity contribution is 6.06. The molecular formula is C26H34N4O5. The van der Waals surface area contributed by atoms with Crippen molar-refractivity contribution in [2.24, 2.45) is 5.92 Å². The number of rotatable bonds is 4. The van der Waals surface area contributed by atoms with Gasteiger partial charge in [-0.1, -0.05) is 25.3 Å². The second-order valence-corrected chi connectivity index (χ2v) is 10.4. The molecule has 3 fully saturated rings. The van der Waals surface area contributed by atoms with Crippen LogP contribution in [0.3, 0.4) is 0 Å². The average Bonchev–Trinajstić information content (AvgIpc) is 3.49. The molecule has 5 rings (SSSR count).